The van der Waals surface area contributed by atoms with Gasteiger partial charge in [-0.25, -0.2) is 0 Å². The number of hydrogen-bond donors (Lipinski definition) is 0. The molecule has 4 nitrogen and oxygen atoms in total. The van der Waals surface area contributed by atoms with Crippen LogP contribution in [0.1, 0.15) is 54.5 Å². The van der Waals surface area contributed by atoms with Gasteiger partial charge in [-0.1, -0.05) is 59.7 Å². The summed E-state index contributed by atoms with van der Waals surface area (Å²) in [5.74, 6) is -0.326. The molecule has 2 aromatic carbocycles. The summed E-state index contributed by atoms with van der Waals surface area (Å²) < 4.78 is 11.0. The Morgan fingerprint density at radius 1 is 0.697 bits per heavy atom. The summed E-state index contributed by atoms with van der Waals surface area (Å²) in [6.07, 6.45) is 3.03. The minimum absolute atomic E-state index is 0.0848. The zero-order valence-corrected chi connectivity index (χ0v) is 19.3. The third kappa shape index (κ3) is 4.09. The number of carbonyl (C=O) groups is 2. The van der Waals surface area contributed by atoms with Gasteiger partial charge in [0.1, 0.15) is 0 Å². The third-order valence-corrected chi connectivity index (χ3v) is 7.95. The average Bonchev–Trinajstić information content (AvgIpc) is 3.60. The molecular weight excluding hydrogens is 432 g/mol. The number of furan rings is 2. The second-order valence-corrected chi connectivity index (χ2v) is 9.82. The molecule has 4 aromatic rings. The van der Waals surface area contributed by atoms with Crippen LogP contribution in [0.4, 0.5) is 0 Å². The van der Waals surface area contributed by atoms with Crippen LogP contribution in [0.25, 0.3) is 0 Å². The number of rotatable bonds is 6. The van der Waals surface area contributed by atoms with Crippen LogP contribution in [0.2, 0.25) is 0 Å². The molecule has 166 valence electrons. The minimum atomic E-state index is -0.464. The van der Waals surface area contributed by atoms with Gasteiger partial charge in [0.2, 0.25) is 11.6 Å². The maximum absolute atomic E-state index is 13.8. The molecule has 0 saturated carbocycles. The van der Waals surface area contributed by atoms with Crippen LogP contribution in [-0.2, 0) is 0 Å². The number of ketones is 2. The Morgan fingerprint density at radius 3 is 1.73 bits per heavy atom. The van der Waals surface area contributed by atoms with Gasteiger partial charge in [0, 0.05) is 17.1 Å². The lowest BCUT2D eigenvalue weighted by molar-refractivity contribution is 0.0860. The van der Waals surface area contributed by atoms with E-state index in [1.807, 2.05) is 50.2 Å². The summed E-state index contributed by atoms with van der Waals surface area (Å²) in [5, 5.41) is -0.660. The molecule has 5 heteroatoms. The number of Topliss-reactive ketones (excluding diaryl/α,β-unsaturated/α-hetero) is 2. The topological polar surface area (TPSA) is 60.4 Å². The molecule has 5 rings (SSSR count). The zero-order valence-electron chi connectivity index (χ0n) is 18.4. The summed E-state index contributed by atoms with van der Waals surface area (Å²) in [7, 11) is 0. The summed E-state index contributed by atoms with van der Waals surface area (Å²) >= 11 is 1.54. The van der Waals surface area contributed by atoms with E-state index < -0.39 is 11.2 Å². The van der Waals surface area contributed by atoms with Gasteiger partial charge < -0.3 is 8.83 Å². The van der Waals surface area contributed by atoms with Gasteiger partial charge in [-0.2, -0.15) is 0 Å². The fourth-order valence-corrected chi connectivity index (χ4v) is 6.41. The van der Waals surface area contributed by atoms with Crippen molar-refractivity contribution in [2.75, 3.05) is 0 Å². The summed E-state index contributed by atoms with van der Waals surface area (Å²) in [5.41, 5.74) is 4.27. The van der Waals surface area contributed by atoms with E-state index in [1.54, 1.807) is 36.0 Å². The number of thioether (sulfide) groups is 1. The van der Waals surface area contributed by atoms with Crippen molar-refractivity contribution in [3.05, 3.63) is 119 Å². The van der Waals surface area contributed by atoms with E-state index in [-0.39, 0.29) is 22.7 Å². The first-order valence-corrected chi connectivity index (χ1v) is 11.9. The maximum Gasteiger partial charge on any atom is 0.211 e. The quantitative estimate of drug-likeness (QED) is 0.298. The Morgan fingerprint density at radius 2 is 1.21 bits per heavy atom. The van der Waals surface area contributed by atoms with Gasteiger partial charge in [-0.15, -0.1) is 11.8 Å². The number of aryl methyl sites for hydroxylation is 2. The predicted molar refractivity (Wildman–Crippen MR) is 129 cm³/mol. The van der Waals surface area contributed by atoms with E-state index in [2.05, 4.69) is 12.1 Å². The number of carbonyl (C=O) groups excluding carboxylic acids is 2. The van der Waals surface area contributed by atoms with Crippen molar-refractivity contribution in [3.63, 3.8) is 0 Å². The smallest absolute Gasteiger partial charge is 0.211 e. The molecular formula is C28H24O4S. The molecule has 0 N–H and O–H groups in total. The Labute approximate surface area is 197 Å². The second-order valence-electron chi connectivity index (χ2n) is 8.53. The van der Waals surface area contributed by atoms with Crippen LogP contribution in [-0.4, -0.2) is 16.8 Å². The van der Waals surface area contributed by atoms with Gasteiger partial charge >= 0.3 is 0 Å². The summed E-state index contributed by atoms with van der Waals surface area (Å²) in [6, 6.07) is 23.2. The highest BCUT2D eigenvalue weighted by Gasteiger charge is 2.52. The summed E-state index contributed by atoms with van der Waals surface area (Å²) in [6.45, 7) is 4.06. The van der Waals surface area contributed by atoms with Crippen molar-refractivity contribution in [3.8, 4) is 0 Å². The lowest BCUT2D eigenvalue weighted by atomic mass is 9.76. The van der Waals surface area contributed by atoms with Crippen LogP contribution in [0.5, 0.6) is 0 Å². The molecule has 0 amide bonds. The van der Waals surface area contributed by atoms with Crippen molar-refractivity contribution < 1.29 is 18.4 Å². The van der Waals surface area contributed by atoms with Gasteiger partial charge in [0.05, 0.1) is 17.8 Å². The molecule has 1 fully saturated rings. The average molecular weight is 457 g/mol. The monoisotopic (exact) mass is 456 g/mol. The molecule has 1 aliphatic rings. The van der Waals surface area contributed by atoms with Crippen molar-refractivity contribution >= 4 is 23.3 Å². The van der Waals surface area contributed by atoms with Crippen molar-refractivity contribution in [1.82, 2.24) is 0 Å². The molecule has 0 bridgehead atoms. The highest BCUT2D eigenvalue weighted by molar-refractivity contribution is 8.01. The SMILES string of the molecule is Cc1ccc(C2SC(C(=O)c3ccco3)C(c3ccc(C)cc3)C2C(=O)c2ccco2)cc1. The molecule has 33 heavy (non-hydrogen) atoms. The maximum atomic E-state index is 13.8. The Hall–Kier alpha value is -3.31. The van der Waals surface area contributed by atoms with Crippen molar-refractivity contribution in [2.45, 2.75) is 30.3 Å². The van der Waals surface area contributed by atoms with E-state index in [9.17, 15) is 9.59 Å². The van der Waals surface area contributed by atoms with E-state index in [0.717, 1.165) is 22.3 Å². The third-order valence-electron chi connectivity index (χ3n) is 6.29. The fraction of sp³-hybridized carbons (Fsp3) is 0.214. The molecule has 1 saturated heterocycles. The number of hydrogen-bond acceptors (Lipinski definition) is 5. The Kier molecular flexibility index (Phi) is 5.81. The largest absolute Gasteiger partial charge is 0.461 e. The standard InChI is InChI=1S/C28H24O4S/c1-17-7-11-19(12-8-17)23-24(25(29)21-5-3-15-31-21)27(20-13-9-18(2)10-14-20)33-28(23)26(30)22-6-4-16-32-22/h3-16,23-24,27-28H,1-2H3. The van der Waals surface area contributed by atoms with Gasteiger partial charge in [-0.3, -0.25) is 9.59 Å². The van der Waals surface area contributed by atoms with Crippen LogP contribution in [0, 0.1) is 19.8 Å². The molecule has 0 spiro atoms. The van der Waals surface area contributed by atoms with Crippen LogP contribution in [0.15, 0.2) is 94.2 Å². The van der Waals surface area contributed by atoms with E-state index in [4.69, 9.17) is 8.83 Å². The lowest BCUT2D eigenvalue weighted by Crippen LogP contribution is -2.29. The van der Waals surface area contributed by atoms with Crippen molar-refractivity contribution in [1.29, 1.82) is 0 Å². The Bertz CT molecular complexity index is 1240. The molecule has 1 aliphatic heterocycles. The molecule has 3 heterocycles. The van der Waals surface area contributed by atoms with Crippen molar-refractivity contribution in [2.24, 2.45) is 5.92 Å². The van der Waals surface area contributed by atoms with Gasteiger partial charge in [0.15, 0.2) is 11.5 Å². The van der Waals surface area contributed by atoms with E-state index in [1.165, 1.54) is 12.5 Å². The molecule has 0 radical (unpaired) electrons. The van der Waals surface area contributed by atoms with Crippen LogP contribution >= 0.6 is 11.8 Å². The van der Waals surface area contributed by atoms with Crippen LogP contribution in [0.3, 0.4) is 0 Å². The molecule has 4 atom stereocenters. The minimum Gasteiger partial charge on any atom is -0.461 e. The highest BCUT2D eigenvalue weighted by atomic mass is 32.2. The predicted octanol–water partition coefficient (Wildman–Crippen LogP) is 6.81. The highest BCUT2D eigenvalue weighted by Crippen LogP contribution is 2.58. The second kappa shape index (κ2) is 8.91. The molecule has 0 aliphatic carbocycles. The van der Waals surface area contributed by atoms with E-state index in [0.29, 0.717) is 11.5 Å². The number of benzene rings is 2. The van der Waals surface area contributed by atoms with Gasteiger partial charge in [0.25, 0.3) is 0 Å². The molecule has 2 aromatic heterocycles. The first kappa shape index (κ1) is 21.5. The first-order chi connectivity index (χ1) is 16.0. The first-order valence-electron chi connectivity index (χ1n) is 11.0. The lowest BCUT2D eigenvalue weighted by Gasteiger charge is -2.24. The molecule has 4 unspecified atom stereocenters. The van der Waals surface area contributed by atoms with E-state index >= 15 is 0 Å². The normalized spacial score (nSPS) is 22.4. The summed E-state index contributed by atoms with van der Waals surface area (Å²) in [4.78, 5) is 27.4. The van der Waals surface area contributed by atoms with Crippen LogP contribution < -0.4 is 0 Å². The zero-order chi connectivity index (χ0) is 22.9. The van der Waals surface area contributed by atoms with Gasteiger partial charge in [-0.05, 0) is 49.2 Å². The Balaban J connectivity index is 1.65. The fourth-order valence-electron chi connectivity index (χ4n) is 4.58.